The van der Waals surface area contributed by atoms with Crippen LogP contribution in [0.25, 0.3) is 5.57 Å². The van der Waals surface area contributed by atoms with Gasteiger partial charge in [0.1, 0.15) is 6.26 Å². The van der Waals surface area contributed by atoms with Crippen LogP contribution in [0.3, 0.4) is 0 Å². The van der Waals surface area contributed by atoms with Crippen molar-refractivity contribution in [3.8, 4) is 0 Å². The summed E-state index contributed by atoms with van der Waals surface area (Å²) in [5.41, 5.74) is 0.992. The number of rotatable bonds is 1. The maximum atomic E-state index is 11.2. The minimum atomic E-state index is -0.817. The summed E-state index contributed by atoms with van der Waals surface area (Å²) in [5.74, 6) is -1.41. The van der Waals surface area contributed by atoms with Crippen molar-refractivity contribution in [1.82, 2.24) is 0 Å². The SMILES string of the molecule is O=C1OC=C(c2ccc(Br)cc2)C1=O. The third-order valence-corrected chi connectivity index (χ3v) is 2.40. The minimum Gasteiger partial charge on any atom is -0.428 e. The predicted octanol–water partition coefficient (Wildman–Crippen LogP) is 1.92. The van der Waals surface area contributed by atoms with E-state index < -0.39 is 11.8 Å². The lowest BCUT2D eigenvalue weighted by Gasteiger charge is -1.97. The van der Waals surface area contributed by atoms with Crippen molar-refractivity contribution < 1.29 is 14.3 Å². The first-order valence-corrected chi connectivity index (χ1v) is 4.69. The van der Waals surface area contributed by atoms with E-state index in [2.05, 4.69) is 20.7 Å². The Morgan fingerprint density at radius 1 is 1.07 bits per heavy atom. The fourth-order valence-electron chi connectivity index (χ4n) is 1.16. The number of Topliss-reactive ketones (excluding diaryl/α,β-unsaturated/α-hetero) is 1. The lowest BCUT2D eigenvalue weighted by molar-refractivity contribution is -0.145. The Morgan fingerprint density at radius 2 is 1.71 bits per heavy atom. The van der Waals surface area contributed by atoms with Crippen molar-refractivity contribution in [2.45, 2.75) is 0 Å². The number of hydrogen-bond acceptors (Lipinski definition) is 3. The molecule has 0 radical (unpaired) electrons. The fraction of sp³-hybridized carbons (Fsp3) is 0. The zero-order valence-corrected chi connectivity index (χ0v) is 8.58. The minimum absolute atomic E-state index is 0.308. The normalized spacial score (nSPS) is 15.4. The summed E-state index contributed by atoms with van der Waals surface area (Å²) in [4.78, 5) is 22.0. The zero-order valence-electron chi connectivity index (χ0n) is 6.99. The second kappa shape index (κ2) is 3.38. The third kappa shape index (κ3) is 1.48. The van der Waals surface area contributed by atoms with Gasteiger partial charge < -0.3 is 4.74 Å². The largest absolute Gasteiger partial charge is 0.428 e. The molecule has 1 aromatic rings. The molecule has 2 rings (SSSR count). The molecule has 0 amide bonds. The molecular weight excluding hydrogens is 248 g/mol. The number of cyclic esters (lactones) is 1. The van der Waals surface area contributed by atoms with Crippen LogP contribution in [0.4, 0.5) is 0 Å². The molecule has 70 valence electrons. The molecule has 1 aromatic carbocycles. The summed E-state index contributed by atoms with van der Waals surface area (Å²) in [6.07, 6.45) is 1.19. The van der Waals surface area contributed by atoms with E-state index >= 15 is 0 Å². The molecule has 0 unspecified atom stereocenters. The summed E-state index contributed by atoms with van der Waals surface area (Å²) in [7, 11) is 0. The van der Waals surface area contributed by atoms with Crippen LogP contribution < -0.4 is 0 Å². The predicted molar refractivity (Wildman–Crippen MR) is 53.2 cm³/mol. The van der Waals surface area contributed by atoms with Crippen LogP contribution >= 0.6 is 15.9 Å². The van der Waals surface area contributed by atoms with Gasteiger partial charge in [-0.3, -0.25) is 4.79 Å². The summed E-state index contributed by atoms with van der Waals surface area (Å²) in [6, 6.07) is 7.09. The molecule has 3 nitrogen and oxygen atoms in total. The summed E-state index contributed by atoms with van der Waals surface area (Å²) in [5, 5.41) is 0. The Morgan fingerprint density at radius 3 is 2.21 bits per heavy atom. The van der Waals surface area contributed by atoms with Crippen molar-refractivity contribution in [1.29, 1.82) is 0 Å². The van der Waals surface area contributed by atoms with Gasteiger partial charge in [0.15, 0.2) is 0 Å². The molecule has 0 fully saturated rings. The van der Waals surface area contributed by atoms with Gasteiger partial charge in [0, 0.05) is 4.47 Å². The lowest BCUT2D eigenvalue weighted by Crippen LogP contribution is -2.08. The van der Waals surface area contributed by atoms with E-state index in [1.165, 1.54) is 6.26 Å². The second-order valence-corrected chi connectivity index (χ2v) is 3.69. The van der Waals surface area contributed by atoms with E-state index in [0.717, 1.165) is 4.47 Å². The standard InChI is InChI=1S/C10H5BrO3/c11-7-3-1-6(2-4-7)8-5-14-10(13)9(8)12/h1-5H. The Bertz CT molecular complexity index is 431. The molecule has 1 heterocycles. The van der Waals surface area contributed by atoms with Gasteiger partial charge in [-0.2, -0.15) is 0 Å². The summed E-state index contributed by atoms with van der Waals surface area (Å²) in [6.45, 7) is 0. The monoisotopic (exact) mass is 252 g/mol. The van der Waals surface area contributed by atoms with E-state index in [4.69, 9.17) is 0 Å². The summed E-state index contributed by atoms with van der Waals surface area (Å²) >= 11 is 3.28. The Kier molecular flexibility index (Phi) is 2.21. The van der Waals surface area contributed by atoms with Crippen molar-refractivity contribution in [2.75, 3.05) is 0 Å². The number of ketones is 1. The van der Waals surface area contributed by atoms with Crippen molar-refractivity contribution in [2.24, 2.45) is 0 Å². The van der Waals surface area contributed by atoms with E-state index in [9.17, 15) is 9.59 Å². The van der Waals surface area contributed by atoms with E-state index in [1.54, 1.807) is 24.3 Å². The highest BCUT2D eigenvalue weighted by atomic mass is 79.9. The van der Waals surface area contributed by atoms with Gasteiger partial charge in [-0.1, -0.05) is 28.1 Å². The number of carbonyl (C=O) groups is 2. The molecule has 0 aromatic heterocycles. The molecular formula is C10H5BrO3. The van der Waals surface area contributed by atoms with Crippen LogP contribution in [0.5, 0.6) is 0 Å². The first-order valence-electron chi connectivity index (χ1n) is 3.90. The highest BCUT2D eigenvalue weighted by Gasteiger charge is 2.27. The summed E-state index contributed by atoms with van der Waals surface area (Å²) < 4.78 is 5.42. The van der Waals surface area contributed by atoms with Crippen molar-refractivity contribution in [3.63, 3.8) is 0 Å². The second-order valence-electron chi connectivity index (χ2n) is 2.77. The maximum Gasteiger partial charge on any atom is 0.384 e. The third-order valence-electron chi connectivity index (χ3n) is 1.87. The molecule has 0 aliphatic carbocycles. The average molecular weight is 253 g/mol. The van der Waals surface area contributed by atoms with Crippen LogP contribution in [0, 0.1) is 0 Å². The Balaban J connectivity index is 2.37. The fourth-order valence-corrected chi connectivity index (χ4v) is 1.42. The number of esters is 1. The zero-order chi connectivity index (χ0) is 10.1. The van der Waals surface area contributed by atoms with Crippen LogP contribution in [0.1, 0.15) is 5.56 Å². The molecule has 4 heteroatoms. The molecule has 1 aliphatic rings. The van der Waals surface area contributed by atoms with Gasteiger partial charge in [0.05, 0.1) is 5.57 Å². The molecule has 1 aliphatic heterocycles. The Labute approximate surface area is 88.5 Å². The van der Waals surface area contributed by atoms with E-state index in [0.29, 0.717) is 11.1 Å². The molecule has 14 heavy (non-hydrogen) atoms. The maximum absolute atomic E-state index is 11.2. The van der Waals surface area contributed by atoms with Crippen LogP contribution in [0.2, 0.25) is 0 Å². The molecule has 0 spiro atoms. The molecule has 0 saturated heterocycles. The van der Waals surface area contributed by atoms with Crippen molar-refractivity contribution >= 4 is 33.3 Å². The van der Waals surface area contributed by atoms with E-state index in [-0.39, 0.29) is 0 Å². The quantitative estimate of drug-likeness (QED) is 0.567. The van der Waals surface area contributed by atoms with Crippen molar-refractivity contribution in [3.05, 3.63) is 40.6 Å². The van der Waals surface area contributed by atoms with E-state index in [1.807, 2.05) is 0 Å². The first kappa shape index (κ1) is 9.15. The van der Waals surface area contributed by atoms with Crippen LogP contribution in [-0.2, 0) is 14.3 Å². The number of ether oxygens (including phenoxy) is 1. The molecule has 0 saturated carbocycles. The smallest absolute Gasteiger partial charge is 0.384 e. The number of benzene rings is 1. The lowest BCUT2D eigenvalue weighted by atomic mass is 10.0. The molecule has 0 N–H and O–H groups in total. The number of carbonyl (C=O) groups excluding carboxylic acids is 2. The van der Waals surface area contributed by atoms with Gasteiger partial charge in [-0.15, -0.1) is 0 Å². The molecule has 0 atom stereocenters. The topological polar surface area (TPSA) is 43.4 Å². The van der Waals surface area contributed by atoms with Gasteiger partial charge >= 0.3 is 5.97 Å². The highest BCUT2D eigenvalue weighted by molar-refractivity contribution is 9.10. The Hall–Kier alpha value is -1.42. The van der Waals surface area contributed by atoms with Crippen LogP contribution in [0.15, 0.2) is 35.0 Å². The van der Waals surface area contributed by atoms with Gasteiger partial charge in [-0.05, 0) is 17.7 Å². The number of halogens is 1. The molecule has 0 bridgehead atoms. The van der Waals surface area contributed by atoms with Gasteiger partial charge in [-0.25, -0.2) is 4.79 Å². The van der Waals surface area contributed by atoms with Crippen LogP contribution in [-0.4, -0.2) is 11.8 Å². The number of hydrogen-bond donors (Lipinski definition) is 0. The van der Waals surface area contributed by atoms with Gasteiger partial charge in [0.25, 0.3) is 5.78 Å². The first-order chi connectivity index (χ1) is 6.68. The average Bonchev–Trinajstić information content (AvgIpc) is 2.50. The highest BCUT2D eigenvalue weighted by Crippen LogP contribution is 2.22. The van der Waals surface area contributed by atoms with Gasteiger partial charge in [0.2, 0.25) is 0 Å².